The predicted molar refractivity (Wildman–Crippen MR) is 160 cm³/mol. The molecule has 4 aromatic rings. The van der Waals surface area contributed by atoms with Gasteiger partial charge in [-0.3, -0.25) is 19.5 Å². The number of anilines is 1. The first kappa shape index (κ1) is 31.7. The van der Waals surface area contributed by atoms with Crippen LogP contribution in [0, 0.1) is 11.7 Å². The first-order chi connectivity index (χ1) is 21.2. The smallest absolute Gasteiger partial charge is 0.412 e. The SMILES string of the molecule is C[C@H]1Cc2nc(-c3cc(Cl)ccc3-n3cnnn3)cc(=O)n2[C@@H]1C(=O)OCC(=O)c1ccc(NC(=O)OC(C)(C)C)c(Cl)c1F. The van der Waals surface area contributed by atoms with Crippen molar-refractivity contribution in [2.45, 2.75) is 45.8 Å². The lowest BCUT2D eigenvalue weighted by molar-refractivity contribution is -0.147. The van der Waals surface area contributed by atoms with Gasteiger partial charge in [0, 0.05) is 23.1 Å². The summed E-state index contributed by atoms with van der Waals surface area (Å²) in [5, 5.41) is 13.4. The van der Waals surface area contributed by atoms with Crippen LogP contribution in [0.25, 0.3) is 16.9 Å². The summed E-state index contributed by atoms with van der Waals surface area (Å²) in [5.41, 5.74) is -0.566. The molecular weight excluding hydrogens is 632 g/mol. The molecule has 0 bridgehead atoms. The molecule has 0 saturated carbocycles. The van der Waals surface area contributed by atoms with E-state index >= 15 is 0 Å². The Morgan fingerprint density at radius 1 is 1.13 bits per heavy atom. The number of ketones is 1. The van der Waals surface area contributed by atoms with Gasteiger partial charge < -0.3 is 9.47 Å². The minimum atomic E-state index is -1.11. The quantitative estimate of drug-likeness (QED) is 0.215. The molecule has 2 atom stereocenters. The molecule has 3 heterocycles. The normalized spacial score (nSPS) is 15.8. The second-order valence-electron chi connectivity index (χ2n) is 11.3. The Kier molecular flexibility index (Phi) is 8.72. The lowest BCUT2D eigenvalue weighted by atomic mass is 10.0. The Morgan fingerprint density at radius 3 is 2.58 bits per heavy atom. The minimum Gasteiger partial charge on any atom is -0.456 e. The number of carbonyl (C=O) groups is 3. The molecule has 16 heteroatoms. The third-order valence-electron chi connectivity index (χ3n) is 6.78. The number of tetrazole rings is 1. The van der Waals surface area contributed by atoms with E-state index < -0.39 is 64.0 Å². The van der Waals surface area contributed by atoms with Crippen molar-refractivity contribution < 1.29 is 28.2 Å². The van der Waals surface area contributed by atoms with Crippen LogP contribution < -0.4 is 10.9 Å². The van der Waals surface area contributed by atoms with Gasteiger partial charge in [0.25, 0.3) is 5.56 Å². The van der Waals surface area contributed by atoms with Gasteiger partial charge in [-0.2, -0.15) is 4.68 Å². The average Bonchev–Trinajstić information content (AvgIpc) is 3.61. The van der Waals surface area contributed by atoms with Crippen molar-refractivity contribution in [2.24, 2.45) is 5.92 Å². The summed E-state index contributed by atoms with van der Waals surface area (Å²) in [7, 11) is 0. The fraction of sp³-hybridized carbons (Fsp3) is 0.310. The Hall–Kier alpha value is -4.69. The molecule has 234 valence electrons. The number of hydrogen-bond acceptors (Lipinski definition) is 10. The number of benzene rings is 2. The second-order valence-corrected chi connectivity index (χ2v) is 12.1. The van der Waals surface area contributed by atoms with Crippen molar-refractivity contribution in [2.75, 3.05) is 11.9 Å². The number of carbonyl (C=O) groups excluding carboxylic acids is 3. The largest absolute Gasteiger partial charge is 0.456 e. The van der Waals surface area contributed by atoms with Gasteiger partial charge in [0.15, 0.2) is 12.4 Å². The lowest BCUT2D eigenvalue weighted by Crippen LogP contribution is -2.32. The predicted octanol–water partition coefficient (Wildman–Crippen LogP) is 4.84. The van der Waals surface area contributed by atoms with Gasteiger partial charge in [0.1, 0.15) is 28.8 Å². The summed E-state index contributed by atoms with van der Waals surface area (Å²) in [6.45, 7) is 5.89. The highest BCUT2D eigenvalue weighted by atomic mass is 35.5. The van der Waals surface area contributed by atoms with Gasteiger partial charge in [-0.25, -0.2) is 19.0 Å². The first-order valence-corrected chi connectivity index (χ1v) is 14.3. The van der Waals surface area contributed by atoms with E-state index in [0.717, 1.165) is 6.07 Å². The molecule has 1 aliphatic rings. The average molecular weight is 658 g/mol. The molecule has 0 spiro atoms. The number of nitrogens with zero attached hydrogens (tertiary/aromatic N) is 6. The summed E-state index contributed by atoms with van der Waals surface area (Å²) in [4.78, 5) is 56.0. The van der Waals surface area contributed by atoms with Gasteiger partial charge in [-0.05, 0) is 67.4 Å². The number of amides is 1. The molecule has 0 unspecified atom stereocenters. The van der Waals surface area contributed by atoms with Crippen LogP contribution in [0.3, 0.4) is 0 Å². The van der Waals surface area contributed by atoms with Crippen molar-refractivity contribution in [1.29, 1.82) is 0 Å². The summed E-state index contributed by atoms with van der Waals surface area (Å²) in [6, 6.07) is 7.47. The number of ether oxygens (including phenoxy) is 2. The maximum Gasteiger partial charge on any atom is 0.412 e. The molecular formula is C29H26Cl2FN7O6. The third-order valence-corrected chi connectivity index (χ3v) is 7.39. The zero-order chi connectivity index (χ0) is 32.6. The van der Waals surface area contributed by atoms with Crippen molar-refractivity contribution in [3.05, 3.63) is 80.3 Å². The van der Waals surface area contributed by atoms with Gasteiger partial charge in [0.05, 0.1) is 22.6 Å². The molecule has 1 aliphatic heterocycles. The molecule has 45 heavy (non-hydrogen) atoms. The van der Waals surface area contributed by atoms with E-state index in [-0.39, 0.29) is 12.1 Å². The number of nitrogens with one attached hydrogen (secondary N) is 1. The number of fused-ring (bicyclic) bond motifs is 1. The van der Waals surface area contributed by atoms with Crippen LogP contribution in [-0.2, 0) is 20.7 Å². The molecule has 13 nitrogen and oxygen atoms in total. The Balaban J connectivity index is 1.32. The summed E-state index contributed by atoms with van der Waals surface area (Å²) >= 11 is 12.3. The standard InChI is InChI=1S/C29H26Cl2FN7O6/c1-14-9-22-34-19(17-10-15(30)5-8-20(17)38-13-33-36-37-38)11-23(41)39(22)26(14)27(42)44-12-21(40)16-6-7-18(24(31)25(16)32)35-28(43)45-29(2,3)4/h5-8,10-11,13-14,26H,9,12H2,1-4H3,(H,35,43)/t14-,26-/m0/s1. The van der Waals surface area contributed by atoms with Crippen LogP contribution in [0.15, 0.2) is 47.5 Å². The van der Waals surface area contributed by atoms with Gasteiger partial charge >= 0.3 is 12.1 Å². The maximum absolute atomic E-state index is 15.0. The molecule has 5 rings (SSSR count). The fourth-order valence-electron chi connectivity index (χ4n) is 4.87. The number of aromatic nitrogens is 6. The highest BCUT2D eigenvalue weighted by Gasteiger charge is 2.38. The molecule has 0 radical (unpaired) electrons. The number of hydrogen-bond donors (Lipinski definition) is 1. The van der Waals surface area contributed by atoms with Gasteiger partial charge in [-0.15, -0.1) is 5.10 Å². The van der Waals surface area contributed by atoms with E-state index in [1.807, 2.05) is 0 Å². The van der Waals surface area contributed by atoms with E-state index in [9.17, 15) is 23.6 Å². The molecule has 2 aromatic heterocycles. The van der Waals surface area contributed by atoms with E-state index in [4.69, 9.17) is 32.7 Å². The molecule has 1 N–H and O–H groups in total. The van der Waals surface area contributed by atoms with Crippen molar-refractivity contribution >= 4 is 46.7 Å². The third kappa shape index (κ3) is 6.71. The molecule has 2 aromatic carbocycles. The zero-order valence-electron chi connectivity index (χ0n) is 24.4. The second kappa shape index (κ2) is 12.4. The van der Waals surface area contributed by atoms with E-state index in [1.165, 1.54) is 27.7 Å². The van der Waals surface area contributed by atoms with E-state index in [1.54, 1.807) is 45.9 Å². The van der Waals surface area contributed by atoms with Crippen molar-refractivity contribution in [1.82, 2.24) is 29.8 Å². The zero-order valence-corrected chi connectivity index (χ0v) is 25.9. The van der Waals surface area contributed by atoms with Crippen LogP contribution in [0.4, 0.5) is 14.9 Å². The first-order valence-electron chi connectivity index (χ1n) is 13.6. The van der Waals surface area contributed by atoms with Gasteiger partial charge in [0.2, 0.25) is 5.78 Å². The summed E-state index contributed by atoms with van der Waals surface area (Å²) < 4.78 is 28.0. The molecule has 1 amide bonds. The topological polar surface area (TPSA) is 160 Å². The minimum absolute atomic E-state index is 0.109. The van der Waals surface area contributed by atoms with Crippen molar-refractivity contribution in [3.63, 3.8) is 0 Å². The van der Waals surface area contributed by atoms with Crippen LogP contribution in [0.5, 0.6) is 0 Å². The molecule has 0 fully saturated rings. The fourth-order valence-corrected chi connectivity index (χ4v) is 5.25. The summed E-state index contributed by atoms with van der Waals surface area (Å²) in [6.07, 6.45) is 0.783. The number of rotatable bonds is 7. The van der Waals surface area contributed by atoms with Crippen LogP contribution in [0.1, 0.15) is 49.9 Å². The Morgan fingerprint density at radius 2 is 1.89 bits per heavy atom. The molecule has 0 saturated heterocycles. The van der Waals surface area contributed by atoms with E-state index in [0.29, 0.717) is 27.8 Å². The van der Waals surface area contributed by atoms with E-state index in [2.05, 4.69) is 25.8 Å². The van der Waals surface area contributed by atoms with Gasteiger partial charge in [-0.1, -0.05) is 30.1 Å². The lowest BCUT2D eigenvalue weighted by Gasteiger charge is -2.20. The highest BCUT2D eigenvalue weighted by molar-refractivity contribution is 6.34. The molecule has 0 aliphatic carbocycles. The summed E-state index contributed by atoms with van der Waals surface area (Å²) in [5.74, 6) is -2.94. The highest BCUT2D eigenvalue weighted by Crippen LogP contribution is 2.33. The number of Topliss-reactive ketones (excluding diaryl/α,β-unsaturated/α-hetero) is 1. The van der Waals surface area contributed by atoms with Crippen molar-refractivity contribution in [3.8, 4) is 16.9 Å². The monoisotopic (exact) mass is 657 g/mol. The van der Waals surface area contributed by atoms with Crippen LogP contribution >= 0.6 is 23.2 Å². The van der Waals surface area contributed by atoms with Crippen LogP contribution in [0.2, 0.25) is 10.0 Å². The van der Waals surface area contributed by atoms with Crippen LogP contribution in [-0.4, -0.2) is 59.8 Å². The number of halogens is 3. The Labute approximate surface area is 265 Å². The maximum atomic E-state index is 15.0. The number of esters is 1. The Bertz CT molecular complexity index is 1870.